The molecule has 0 fully saturated rings. The summed E-state index contributed by atoms with van der Waals surface area (Å²) in [5, 5.41) is 19.2. The van der Waals surface area contributed by atoms with Crippen LogP contribution in [0.5, 0.6) is 5.75 Å². The van der Waals surface area contributed by atoms with E-state index in [2.05, 4.69) is 0 Å². The van der Waals surface area contributed by atoms with Crippen molar-refractivity contribution >= 4 is 29.5 Å². The van der Waals surface area contributed by atoms with Crippen molar-refractivity contribution in [1.29, 1.82) is 0 Å². The van der Waals surface area contributed by atoms with Gasteiger partial charge in [-0.3, -0.25) is 19.7 Å². The number of benzene rings is 1. The van der Waals surface area contributed by atoms with Gasteiger partial charge >= 0.3 is 11.7 Å². The standard InChI is InChI=1S/C12H12ClNO6/c13-9-4-5-10(8(7-15)12(9)14(18)19)20-6-2-1-3-11(16)17/h4-5,7H,1-3,6H2,(H,16,17). The third-order valence-corrected chi connectivity index (χ3v) is 2.78. The highest BCUT2D eigenvalue weighted by molar-refractivity contribution is 6.33. The zero-order valence-corrected chi connectivity index (χ0v) is 11.1. The van der Waals surface area contributed by atoms with Gasteiger partial charge in [0.15, 0.2) is 6.29 Å². The van der Waals surface area contributed by atoms with E-state index < -0.39 is 16.6 Å². The number of rotatable bonds is 8. The molecular weight excluding hydrogens is 290 g/mol. The number of carbonyl (C=O) groups is 2. The first-order chi connectivity index (χ1) is 9.47. The molecule has 0 bridgehead atoms. The van der Waals surface area contributed by atoms with E-state index in [1.165, 1.54) is 12.1 Å². The third-order valence-electron chi connectivity index (χ3n) is 2.47. The van der Waals surface area contributed by atoms with Gasteiger partial charge in [-0.05, 0) is 25.0 Å². The van der Waals surface area contributed by atoms with Gasteiger partial charge in [0.2, 0.25) is 0 Å². The number of carbonyl (C=O) groups excluding carboxylic acids is 1. The Morgan fingerprint density at radius 3 is 2.70 bits per heavy atom. The number of nitrogens with zero attached hydrogens (tertiary/aromatic N) is 1. The molecule has 0 spiro atoms. The quantitative estimate of drug-likeness (QED) is 0.342. The summed E-state index contributed by atoms with van der Waals surface area (Å²) in [6.45, 7) is 0.160. The van der Waals surface area contributed by atoms with E-state index >= 15 is 0 Å². The lowest BCUT2D eigenvalue weighted by molar-refractivity contribution is -0.385. The molecule has 7 nitrogen and oxygen atoms in total. The van der Waals surface area contributed by atoms with E-state index in [0.717, 1.165) is 0 Å². The summed E-state index contributed by atoms with van der Waals surface area (Å²) < 4.78 is 5.27. The predicted octanol–water partition coefficient (Wildman–Crippen LogP) is 2.69. The molecule has 0 aliphatic carbocycles. The Bertz CT molecular complexity index is 531. The van der Waals surface area contributed by atoms with Crippen molar-refractivity contribution in [1.82, 2.24) is 0 Å². The lowest BCUT2D eigenvalue weighted by Crippen LogP contribution is -2.04. The van der Waals surface area contributed by atoms with Crippen LogP contribution >= 0.6 is 11.6 Å². The molecule has 0 aliphatic heterocycles. The SMILES string of the molecule is O=Cc1c(OCCCCC(=O)O)ccc(Cl)c1[N+](=O)[O-]. The van der Waals surface area contributed by atoms with Crippen LogP contribution in [0.25, 0.3) is 0 Å². The summed E-state index contributed by atoms with van der Waals surface area (Å²) in [6, 6.07) is 2.65. The average molecular weight is 302 g/mol. The van der Waals surface area contributed by atoms with Gasteiger partial charge in [-0.25, -0.2) is 0 Å². The van der Waals surface area contributed by atoms with Crippen LogP contribution < -0.4 is 4.74 Å². The summed E-state index contributed by atoms with van der Waals surface area (Å²) in [4.78, 5) is 31.4. The van der Waals surface area contributed by atoms with Crippen molar-refractivity contribution in [3.63, 3.8) is 0 Å². The molecule has 0 aromatic heterocycles. The van der Waals surface area contributed by atoms with Crippen LogP contribution in [0.1, 0.15) is 29.6 Å². The topological polar surface area (TPSA) is 107 Å². The normalized spacial score (nSPS) is 10.1. The molecule has 1 rings (SSSR count). The number of hydrogen-bond acceptors (Lipinski definition) is 5. The summed E-state index contributed by atoms with van der Waals surface area (Å²) in [7, 11) is 0. The average Bonchev–Trinajstić information content (AvgIpc) is 2.38. The van der Waals surface area contributed by atoms with E-state index in [1.54, 1.807) is 0 Å². The smallest absolute Gasteiger partial charge is 0.303 e. The molecule has 1 N–H and O–H groups in total. The second-order valence-corrected chi connectivity index (χ2v) is 4.29. The van der Waals surface area contributed by atoms with Gasteiger partial charge in [-0.15, -0.1) is 0 Å². The number of halogens is 1. The minimum absolute atomic E-state index is 0.0185. The molecular formula is C12H12ClNO6. The van der Waals surface area contributed by atoms with Gasteiger partial charge in [-0.1, -0.05) is 11.6 Å². The number of carboxylic acid groups (broad SMARTS) is 1. The highest BCUT2D eigenvalue weighted by Gasteiger charge is 2.22. The molecule has 0 amide bonds. The van der Waals surface area contributed by atoms with Crippen molar-refractivity contribution in [2.24, 2.45) is 0 Å². The maximum absolute atomic E-state index is 11.0. The van der Waals surface area contributed by atoms with E-state index in [4.69, 9.17) is 21.4 Å². The number of aliphatic carboxylic acids is 1. The molecule has 0 radical (unpaired) electrons. The number of unbranched alkanes of at least 4 members (excludes halogenated alkanes) is 1. The van der Waals surface area contributed by atoms with E-state index in [-0.39, 0.29) is 29.4 Å². The maximum Gasteiger partial charge on any atom is 0.303 e. The van der Waals surface area contributed by atoms with Crippen molar-refractivity contribution in [3.8, 4) is 5.75 Å². The van der Waals surface area contributed by atoms with Crippen LogP contribution in [0.4, 0.5) is 5.69 Å². The monoisotopic (exact) mass is 301 g/mol. The fraction of sp³-hybridized carbons (Fsp3) is 0.333. The van der Waals surface area contributed by atoms with Crippen LogP contribution in [-0.2, 0) is 4.79 Å². The number of nitro benzene ring substituents is 1. The number of aldehydes is 1. The summed E-state index contributed by atoms with van der Waals surface area (Å²) in [5.74, 6) is -0.841. The molecule has 0 unspecified atom stereocenters. The van der Waals surface area contributed by atoms with Crippen LogP contribution in [-0.4, -0.2) is 28.9 Å². The summed E-state index contributed by atoms with van der Waals surface area (Å²) >= 11 is 5.67. The van der Waals surface area contributed by atoms with Gasteiger partial charge in [0.05, 0.1) is 11.5 Å². The van der Waals surface area contributed by atoms with E-state index in [9.17, 15) is 19.7 Å². The van der Waals surface area contributed by atoms with Crippen LogP contribution in [0.3, 0.4) is 0 Å². The molecule has 108 valence electrons. The Labute approximate surface area is 119 Å². The fourth-order valence-corrected chi connectivity index (χ4v) is 1.78. The predicted molar refractivity (Wildman–Crippen MR) is 70.5 cm³/mol. The van der Waals surface area contributed by atoms with Crippen molar-refractivity contribution in [3.05, 3.63) is 32.8 Å². The van der Waals surface area contributed by atoms with E-state index in [1.807, 2.05) is 0 Å². The Hall–Kier alpha value is -2.15. The molecule has 1 aromatic carbocycles. The highest BCUT2D eigenvalue weighted by Crippen LogP contribution is 2.33. The second-order valence-electron chi connectivity index (χ2n) is 3.88. The van der Waals surface area contributed by atoms with Gasteiger partial charge in [0.1, 0.15) is 16.3 Å². The zero-order valence-electron chi connectivity index (χ0n) is 10.4. The Kier molecular flexibility index (Phi) is 5.92. The Morgan fingerprint density at radius 1 is 1.45 bits per heavy atom. The van der Waals surface area contributed by atoms with Gasteiger partial charge in [0, 0.05) is 6.42 Å². The van der Waals surface area contributed by atoms with Gasteiger partial charge in [-0.2, -0.15) is 0 Å². The highest BCUT2D eigenvalue weighted by atomic mass is 35.5. The summed E-state index contributed by atoms with van der Waals surface area (Å²) in [5.41, 5.74) is -0.717. The molecule has 20 heavy (non-hydrogen) atoms. The number of hydrogen-bond donors (Lipinski definition) is 1. The van der Waals surface area contributed by atoms with Gasteiger partial charge < -0.3 is 9.84 Å². The maximum atomic E-state index is 11.0. The first-order valence-electron chi connectivity index (χ1n) is 5.74. The fourth-order valence-electron chi connectivity index (χ4n) is 1.55. The molecule has 1 aromatic rings. The second kappa shape index (κ2) is 7.44. The first kappa shape index (κ1) is 15.9. The molecule has 0 aliphatic rings. The number of nitro groups is 1. The Balaban J connectivity index is 2.75. The first-order valence-corrected chi connectivity index (χ1v) is 6.11. The van der Waals surface area contributed by atoms with Gasteiger partial charge in [0.25, 0.3) is 0 Å². The minimum atomic E-state index is -0.902. The van der Waals surface area contributed by atoms with Crippen LogP contribution in [0, 0.1) is 10.1 Å². The largest absolute Gasteiger partial charge is 0.493 e. The number of carboxylic acids is 1. The minimum Gasteiger partial charge on any atom is -0.493 e. The summed E-state index contributed by atoms with van der Waals surface area (Å²) in [6.07, 6.45) is 1.21. The molecule has 0 atom stereocenters. The molecule has 0 saturated heterocycles. The van der Waals surface area contributed by atoms with Crippen molar-refractivity contribution in [2.75, 3.05) is 6.61 Å². The Morgan fingerprint density at radius 2 is 2.15 bits per heavy atom. The third kappa shape index (κ3) is 4.20. The number of ether oxygens (including phenoxy) is 1. The molecule has 0 saturated carbocycles. The van der Waals surface area contributed by atoms with Crippen LogP contribution in [0.15, 0.2) is 12.1 Å². The lowest BCUT2D eigenvalue weighted by Gasteiger charge is -2.09. The zero-order chi connectivity index (χ0) is 15.1. The molecule has 0 heterocycles. The molecule has 8 heteroatoms. The van der Waals surface area contributed by atoms with Crippen molar-refractivity contribution in [2.45, 2.75) is 19.3 Å². The van der Waals surface area contributed by atoms with Crippen molar-refractivity contribution < 1.29 is 24.4 Å². The lowest BCUT2D eigenvalue weighted by atomic mass is 10.1. The van der Waals surface area contributed by atoms with Crippen LogP contribution in [0.2, 0.25) is 5.02 Å². The van der Waals surface area contributed by atoms with E-state index in [0.29, 0.717) is 19.1 Å².